The normalized spacial score (nSPS) is 20.8. The number of hydrogen-bond acceptors (Lipinski definition) is 3. The Hall–Kier alpha value is -1.85. The highest BCUT2D eigenvalue weighted by Gasteiger charge is 2.38. The number of rotatable bonds is 9. The van der Waals surface area contributed by atoms with E-state index >= 15 is 0 Å². The molecule has 4 rings (SSSR count). The highest BCUT2D eigenvalue weighted by Crippen LogP contribution is 2.41. The Labute approximate surface area is 167 Å². The molecule has 1 aromatic carbocycles. The molecule has 0 radical (unpaired) electrons. The zero-order valence-electron chi connectivity index (χ0n) is 15.9. The van der Waals surface area contributed by atoms with Gasteiger partial charge in [-0.25, -0.2) is 0 Å². The molecule has 0 aliphatic heterocycles. The first-order valence-corrected chi connectivity index (χ1v) is 9.90. The van der Waals surface area contributed by atoms with E-state index in [0.717, 1.165) is 31.0 Å². The van der Waals surface area contributed by atoms with Gasteiger partial charge in [-0.2, -0.15) is 5.10 Å². The molecule has 2 saturated carbocycles. The maximum Gasteiger partial charge on any atom is 0.258 e. The van der Waals surface area contributed by atoms with Gasteiger partial charge in [-0.05, 0) is 55.8 Å². The molecule has 5 nitrogen and oxygen atoms in total. The first-order valence-electron chi connectivity index (χ1n) is 9.90. The SMILES string of the molecule is CCCCn1cc(C(=O)Nc2ccc(C3CC3NCC3CC3)cc2)cn1.Cl. The van der Waals surface area contributed by atoms with Crippen LogP contribution in [0.1, 0.15) is 60.9 Å². The molecule has 2 unspecified atom stereocenters. The number of anilines is 1. The fraction of sp³-hybridized carbons (Fsp3) is 0.524. The van der Waals surface area contributed by atoms with Crippen LogP contribution in [0.5, 0.6) is 0 Å². The molecule has 6 heteroatoms. The van der Waals surface area contributed by atoms with Crippen molar-refractivity contribution >= 4 is 24.0 Å². The predicted octanol–water partition coefficient (Wildman–Crippen LogP) is 4.21. The van der Waals surface area contributed by atoms with Crippen molar-refractivity contribution in [2.24, 2.45) is 5.92 Å². The van der Waals surface area contributed by atoms with Gasteiger partial charge in [0.25, 0.3) is 5.91 Å². The van der Waals surface area contributed by atoms with Crippen LogP contribution in [-0.2, 0) is 6.54 Å². The number of nitrogens with one attached hydrogen (secondary N) is 2. The van der Waals surface area contributed by atoms with Crippen LogP contribution in [-0.4, -0.2) is 28.3 Å². The predicted molar refractivity (Wildman–Crippen MR) is 111 cm³/mol. The Morgan fingerprint density at radius 1 is 1.26 bits per heavy atom. The summed E-state index contributed by atoms with van der Waals surface area (Å²) < 4.78 is 1.84. The molecular weight excluding hydrogens is 360 g/mol. The fourth-order valence-corrected chi connectivity index (χ4v) is 3.37. The number of nitrogens with zero attached hydrogens (tertiary/aromatic N) is 2. The molecule has 2 atom stereocenters. The molecule has 27 heavy (non-hydrogen) atoms. The van der Waals surface area contributed by atoms with E-state index in [1.165, 1.54) is 31.4 Å². The van der Waals surface area contributed by atoms with Gasteiger partial charge in [0, 0.05) is 30.4 Å². The maximum absolute atomic E-state index is 12.4. The Morgan fingerprint density at radius 2 is 2.04 bits per heavy atom. The zero-order chi connectivity index (χ0) is 17.9. The molecule has 1 amide bonds. The largest absolute Gasteiger partial charge is 0.322 e. The van der Waals surface area contributed by atoms with Crippen LogP contribution in [0.4, 0.5) is 5.69 Å². The van der Waals surface area contributed by atoms with E-state index in [-0.39, 0.29) is 18.3 Å². The minimum absolute atomic E-state index is 0. The van der Waals surface area contributed by atoms with Crippen molar-refractivity contribution in [3.63, 3.8) is 0 Å². The Kier molecular flexibility index (Phi) is 6.55. The number of unbranched alkanes of at least 4 members (excludes halogenated alkanes) is 1. The first kappa shape index (κ1) is 19.9. The summed E-state index contributed by atoms with van der Waals surface area (Å²) >= 11 is 0. The lowest BCUT2D eigenvalue weighted by atomic mass is 10.1. The molecule has 0 saturated heterocycles. The molecule has 2 fully saturated rings. The standard InChI is InChI=1S/C21H28N4O.ClH/c1-2-3-10-25-14-17(13-23-25)21(26)24-18-8-6-16(7-9-18)19-11-20(19)22-12-15-4-5-15;/h6-9,13-15,19-20,22H,2-5,10-12H2,1H3,(H,24,26);1H. The van der Waals surface area contributed by atoms with Crippen molar-refractivity contribution < 1.29 is 4.79 Å². The quantitative estimate of drug-likeness (QED) is 0.676. The highest BCUT2D eigenvalue weighted by molar-refractivity contribution is 6.03. The molecule has 1 aromatic heterocycles. The Bertz CT molecular complexity index is 754. The third-order valence-corrected chi connectivity index (χ3v) is 5.39. The summed E-state index contributed by atoms with van der Waals surface area (Å²) in [7, 11) is 0. The Balaban J connectivity index is 0.00000210. The number of benzene rings is 1. The van der Waals surface area contributed by atoms with Crippen molar-refractivity contribution in [1.29, 1.82) is 0 Å². The minimum Gasteiger partial charge on any atom is -0.322 e. The number of carbonyl (C=O) groups excluding carboxylic acids is 1. The molecule has 0 spiro atoms. The average Bonchev–Trinajstić information content (AvgIpc) is 3.57. The van der Waals surface area contributed by atoms with Crippen LogP contribution in [0.2, 0.25) is 0 Å². The molecule has 1 heterocycles. The summed E-state index contributed by atoms with van der Waals surface area (Å²) in [6, 6.07) is 8.94. The molecular formula is C21H29ClN4O. The summed E-state index contributed by atoms with van der Waals surface area (Å²) in [6.45, 7) is 4.19. The molecule has 0 bridgehead atoms. The van der Waals surface area contributed by atoms with Gasteiger partial charge in [-0.3, -0.25) is 9.48 Å². The third-order valence-electron chi connectivity index (χ3n) is 5.39. The van der Waals surface area contributed by atoms with Crippen LogP contribution in [0, 0.1) is 5.92 Å². The van der Waals surface area contributed by atoms with Crippen molar-refractivity contribution in [3.8, 4) is 0 Å². The number of hydrogen-bond donors (Lipinski definition) is 2. The minimum atomic E-state index is -0.101. The molecule has 2 N–H and O–H groups in total. The summed E-state index contributed by atoms with van der Waals surface area (Å²) in [5, 5.41) is 10.9. The van der Waals surface area contributed by atoms with Crippen molar-refractivity contribution in [3.05, 3.63) is 47.8 Å². The lowest BCUT2D eigenvalue weighted by Gasteiger charge is -2.06. The van der Waals surface area contributed by atoms with Gasteiger partial charge in [0.05, 0.1) is 11.8 Å². The summed E-state index contributed by atoms with van der Waals surface area (Å²) in [4.78, 5) is 12.4. The van der Waals surface area contributed by atoms with E-state index in [2.05, 4.69) is 34.8 Å². The van der Waals surface area contributed by atoms with E-state index in [4.69, 9.17) is 0 Å². The lowest BCUT2D eigenvalue weighted by Crippen LogP contribution is -2.20. The van der Waals surface area contributed by atoms with Gasteiger partial charge >= 0.3 is 0 Å². The summed E-state index contributed by atoms with van der Waals surface area (Å²) in [6.07, 6.45) is 9.68. The average molecular weight is 389 g/mol. The highest BCUT2D eigenvalue weighted by atomic mass is 35.5. The second-order valence-corrected chi connectivity index (χ2v) is 7.72. The van der Waals surface area contributed by atoms with Crippen molar-refractivity contribution in [2.75, 3.05) is 11.9 Å². The monoisotopic (exact) mass is 388 g/mol. The smallest absolute Gasteiger partial charge is 0.258 e. The van der Waals surface area contributed by atoms with Gasteiger partial charge in [0.15, 0.2) is 0 Å². The molecule has 2 aromatic rings. The number of amides is 1. The topological polar surface area (TPSA) is 59.0 Å². The zero-order valence-corrected chi connectivity index (χ0v) is 16.7. The number of aryl methyl sites for hydroxylation is 1. The second kappa shape index (κ2) is 8.89. The molecule has 146 valence electrons. The first-order chi connectivity index (χ1) is 12.7. The number of carbonyl (C=O) groups is 1. The third kappa shape index (κ3) is 5.33. The van der Waals surface area contributed by atoms with Crippen LogP contribution < -0.4 is 10.6 Å². The molecule has 2 aliphatic carbocycles. The van der Waals surface area contributed by atoms with Gasteiger partial charge in [0.1, 0.15) is 0 Å². The van der Waals surface area contributed by atoms with E-state index in [1.54, 1.807) is 6.20 Å². The maximum atomic E-state index is 12.4. The summed E-state index contributed by atoms with van der Waals surface area (Å²) in [5.41, 5.74) is 2.81. The van der Waals surface area contributed by atoms with E-state index in [1.807, 2.05) is 23.0 Å². The van der Waals surface area contributed by atoms with Gasteiger partial charge in [-0.1, -0.05) is 25.5 Å². The van der Waals surface area contributed by atoms with Crippen molar-refractivity contribution in [1.82, 2.24) is 15.1 Å². The van der Waals surface area contributed by atoms with E-state index in [0.29, 0.717) is 17.5 Å². The second-order valence-electron chi connectivity index (χ2n) is 7.72. The van der Waals surface area contributed by atoms with Crippen LogP contribution in [0.25, 0.3) is 0 Å². The van der Waals surface area contributed by atoms with Crippen LogP contribution >= 0.6 is 12.4 Å². The lowest BCUT2D eigenvalue weighted by molar-refractivity contribution is 0.102. The van der Waals surface area contributed by atoms with Crippen molar-refractivity contribution in [2.45, 2.75) is 57.5 Å². The van der Waals surface area contributed by atoms with Gasteiger partial charge < -0.3 is 10.6 Å². The molecule has 2 aliphatic rings. The fourth-order valence-electron chi connectivity index (χ4n) is 3.37. The van der Waals surface area contributed by atoms with Crippen LogP contribution in [0.15, 0.2) is 36.7 Å². The number of halogens is 1. The van der Waals surface area contributed by atoms with E-state index in [9.17, 15) is 4.79 Å². The van der Waals surface area contributed by atoms with E-state index < -0.39 is 0 Å². The number of aromatic nitrogens is 2. The van der Waals surface area contributed by atoms with Gasteiger partial charge in [0.2, 0.25) is 0 Å². The van der Waals surface area contributed by atoms with Crippen LogP contribution in [0.3, 0.4) is 0 Å². The summed E-state index contributed by atoms with van der Waals surface area (Å²) in [5.74, 6) is 1.46. The Morgan fingerprint density at radius 3 is 2.74 bits per heavy atom. The van der Waals surface area contributed by atoms with Gasteiger partial charge in [-0.15, -0.1) is 12.4 Å².